The number of anilines is 1. The number of nitrogens with two attached hydrogens (primary N) is 1. The fraction of sp³-hybridized carbons (Fsp3) is 0.300. The van der Waals surface area contributed by atoms with Crippen LogP contribution in [0.1, 0.15) is 15.9 Å². The van der Waals surface area contributed by atoms with E-state index in [0.717, 1.165) is 43.4 Å². The van der Waals surface area contributed by atoms with Gasteiger partial charge in [0.15, 0.2) is 5.96 Å². The van der Waals surface area contributed by atoms with Crippen LogP contribution in [-0.4, -0.2) is 55.1 Å². The Morgan fingerprint density at radius 3 is 2.50 bits per heavy atom. The third-order valence-electron chi connectivity index (χ3n) is 4.68. The molecule has 1 amide bonds. The third-order valence-corrected chi connectivity index (χ3v) is 4.68. The first-order chi connectivity index (χ1) is 13.1. The number of phenols is 1. The van der Waals surface area contributed by atoms with E-state index in [9.17, 15) is 9.90 Å². The quantitative estimate of drug-likeness (QED) is 0.343. The van der Waals surface area contributed by atoms with Gasteiger partial charge >= 0.3 is 0 Å². The Hall–Kier alpha value is -2.49. The number of para-hydroxylation sites is 2. The molecular weight excluding hydrogens is 469 g/mol. The number of aliphatic imine (C=N–C) groups is 1. The lowest BCUT2D eigenvalue weighted by Gasteiger charge is -2.37. The van der Waals surface area contributed by atoms with Gasteiger partial charge in [0.05, 0.1) is 5.69 Å². The fourth-order valence-electron chi connectivity index (χ4n) is 3.24. The van der Waals surface area contributed by atoms with Crippen LogP contribution in [0.3, 0.4) is 0 Å². The Balaban J connectivity index is 0.00000280. The summed E-state index contributed by atoms with van der Waals surface area (Å²) >= 11 is 0. The number of guanidine groups is 1. The summed E-state index contributed by atoms with van der Waals surface area (Å²) in [6.07, 6.45) is 0. The molecule has 0 atom stereocenters. The van der Waals surface area contributed by atoms with E-state index >= 15 is 0 Å². The minimum Gasteiger partial charge on any atom is -0.506 e. The zero-order valence-electron chi connectivity index (χ0n) is 15.8. The zero-order valence-corrected chi connectivity index (χ0v) is 18.2. The van der Waals surface area contributed by atoms with E-state index in [0.29, 0.717) is 17.9 Å². The maximum atomic E-state index is 11.3. The summed E-state index contributed by atoms with van der Waals surface area (Å²) in [6.45, 7) is 3.77. The second kappa shape index (κ2) is 10.2. The number of hydrogen-bond donors (Lipinski definition) is 3. The molecule has 7 nitrogen and oxygen atoms in total. The largest absolute Gasteiger partial charge is 0.506 e. The molecule has 4 N–H and O–H groups in total. The highest BCUT2D eigenvalue weighted by molar-refractivity contribution is 14.0. The van der Waals surface area contributed by atoms with Gasteiger partial charge in [0, 0.05) is 45.3 Å². The highest BCUT2D eigenvalue weighted by Gasteiger charge is 2.21. The molecule has 0 saturated carbocycles. The third kappa shape index (κ3) is 5.28. The smallest absolute Gasteiger partial charge is 0.248 e. The van der Waals surface area contributed by atoms with Crippen molar-refractivity contribution in [3.05, 3.63) is 59.7 Å². The van der Waals surface area contributed by atoms with Gasteiger partial charge in [-0.25, -0.2) is 0 Å². The lowest BCUT2D eigenvalue weighted by molar-refractivity contribution is 0.1000. The molecular formula is C20H26IN5O2. The summed E-state index contributed by atoms with van der Waals surface area (Å²) in [4.78, 5) is 20.1. The van der Waals surface area contributed by atoms with Gasteiger partial charge in [0.25, 0.3) is 0 Å². The van der Waals surface area contributed by atoms with Crippen molar-refractivity contribution in [2.45, 2.75) is 6.54 Å². The van der Waals surface area contributed by atoms with Crippen molar-refractivity contribution >= 4 is 41.5 Å². The summed E-state index contributed by atoms with van der Waals surface area (Å²) < 4.78 is 0. The first kappa shape index (κ1) is 21.8. The summed E-state index contributed by atoms with van der Waals surface area (Å²) in [5.41, 5.74) is 7.68. The molecule has 3 rings (SSSR count). The average molecular weight is 495 g/mol. The molecule has 0 unspecified atom stereocenters. The highest BCUT2D eigenvalue weighted by Crippen LogP contribution is 2.27. The van der Waals surface area contributed by atoms with Crippen molar-refractivity contribution in [2.75, 3.05) is 38.1 Å². The number of amides is 1. The van der Waals surface area contributed by atoms with E-state index in [1.165, 1.54) is 0 Å². The lowest BCUT2D eigenvalue weighted by atomic mass is 10.1. The van der Waals surface area contributed by atoms with Crippen LogP contribution in [0.2, 0.25) is 0 Å². The molecule has 0 aromatic heterocycles. The molecule has 28 heavy (non-hydrogen) atoms. The van der Waals surface area contributed by atoms with Crippen molar-refractivity contribution in [1.82, 2.24) is 10.2 Å². The topological polar surface area (TPSA) is 94.2 Å². The number of benzene rings is 2. The molecule has 0 spiro atoms. The van der Waals surface area contributed by atoms with Gasteiger partial charge < -0.3 is 26.0 Å². The van der Waals surface area contributed by atoms with Crippen LogP contribution in [0.5, 0.6) is 5.75 Å². The van der Waals surface area contributed by atoms with Gasteiger partial charge in [-0.15, -0.1) is 24.0 Å². The summed E-state index contributed by atoms with van der Waals surface area (Å²) in [6, 6.07) is 14.7. The van der Waals surface area contributed by atoms with Crippen LogP contribution in [0.4, 0.5) is 5.69 Å². The number of aromatic hydroxyl groups is 1. The number of primary amides is 1. The molecule has 2 aromatic rings. The molecule has 0 radical (unpaired) electrons. The van der Waals surface area contributed by atoms with Crippen LogP contribution >= 0.6 is 24.0 Å². The van der Waals surface area contributed by atoms with E-state index in [2.05, 4.69) is 20.1 Å². The number of hydrogen-bond acceptors (Lipinski definition) is 4. The van der Waals surface area contributed by atoms with Gasteiger partial charge in [0.2, 0.25) is 5.91 Å². The average Bonchev–Trinajstić information content (AvgIpc) is 2.69. The molecule has 1 saturated heterocycles. The lowest BCUT2D eigenvalue weighted by Crippen LogP contribution is -2.52. The van der Waals surface area contributed by atoms with Crippen molar-refractivity contribution < 1.29 is 9.90 Å². The Morgan fingerprint density at radius 2 is 1.86 bits per heavy atom. The number of carbonyl (C=O) groups is 1. The molecule has 1 fully saturated rings. The van der Waals surface area contributed by atoms with Gasteiger partial charge in [-0.2, -0.15) is 0 Å². The number of nitrogens with one attached hydrogen (secondary N) is 1. The first-order valence-corrected chi connectivity index (χ1v) is 8.96. The van der Waals surface area contributed by atoms with Crippen LogP contribution in [0.15, 0.2) is 53.5 Å². The van der Waals surface area contributed by atoms with Crippen molar-refractivity contribution in [1.29, 1.82) is 0 Å². The highest BCUT2D eigenvalue weighted by atomic mass is 127. The summed E-state index contributed by atoms with van der Waals surface area (Å²) in [5, 5.41) is 13.4. The number of nitrogens with zero attached hydrogens (tertiary/aromatic N) is 3. The predicted molar refractivity (Wildman–Crippen MR) is 122 cm³/mol. The van der Waals surface area contributed by atoms with E-state index in [4.69, 9.17) is 5.73 Å². The van der Waals surface area contributed by atoms with Crippen molar-refractivity contribution in [3.8, 4) is 5.75 Å². The Labute approximate surface area is 182 Å². The normalized spacial score (nSPS) is 14.4. The fourth-order valence-corrected chi connectivity index (χ4v) is 3.24. The second-order valence-electron chi connectivity index (χ2n) is 6.43. The monoisotopic (exact) mass is 495 g/mol. The standard InChI is InChI=1S/C20H25N5O2.HI/c1-22-20(23-14-15-5-4-6-16(13-15)19(21)27)25-11-9-24(10-12-25)17-7-2-3-8-18(17)26;/h2-8,13,26H,9-12,14H2,1H3,(H2,21,27)(H,22,23);1H. The minimum atomic E-state index is -0.429. The molecule has 1 aliphatic rings. The summed E-state index contributed by atoms with van der Waals surface area (Å²) in [5.74, 6) is 0.695. The SMILES string of the molecule is CN=C(NCc1cccc(C(N)=O)c1)N1CCN(c2ccccc2O)CC1.I. The molecule has 2 aromatic carbocycles. The maximum Gasteiger partial charge on any atom is 0.248 e. The van der Waals surface area contributed by atoms with Crippen LogP contribution in [0.25, 0.3) is 0 Å². The Kier molecular flexibility index (Phi) is 7.91. The van der Waals surface area contributed by atoms with Crippen LogP contribution < -0.4 is 16.0 Å². The van der Waals surface area contributed by atoms with E-state index in [1.54, 1.807) is 25.2 Å². The summed E-state index contributed by atoms with van der Waals surface area (Å²) in [7, 11) is 1.76. The Morgan fingerprint density at radius 1 is 1.14 bits per heavy atom. The number of phenolic OH excluding ortho intramolecular Hbond substituents is 1. The number of piperazine rings is 1. The van der Waals surface area contributed by atoms with Gasteiger partial charge in [0.1, 0.15) is 5.75 Å². The van der Waals surface area contributed by atoms with Crippen molar-refractivity contribution in [3.63, 3.8) is 0 Å². The van der Waals surface area contributed by atoms with Crippen LogP contribution in [0, 0.1) is 0 Å². The molecule has 1 heterocycles. The van der Waals surface area contributed by atoms with E-state index in [1.807, 2.05) is 30.3 Å². The maximum absolute atomic E-state index is 11.3. The Bertz CT molecular complexity index is 835. The van der Waals surface area contributed by atoms with Gasteiger partial charge in [-0.3, -0.25) is 9.79 Å². The van der Waals surface area contributed by atoms with Gasteiger partial charge in [-0.1, -0.05) is 24.3 Å². The molecule has 1 aliphatic heterocycles. The zero-order chi connectivity index (χ0) is 19.2. The van der Waals surface area contributed by atoms with E-state index < -0.39 is 5.91 Å². The predicted octanol–water partition coefficient (Wildman–Crippen LogP) is 2.01. The van der Waals surface area contributed by atoms with Gasteiger partial charge in [-0.05, 0) is 29.8 Å². The van der Waals surface area contributed by atoms with E-state index in [-0.39, 0.29) is 24.0 Å². The molecule has 150 valence electrons. The molecule has 0 bridgehead atoms. The number of halogens is 1. The molecule has 0 aliphatic carbocycles. The number of carbonyl (C=O) groups excluding carboxylic acids is 1. The number of rotatable bonds is 4. The molecule has 8 heteroatoms. The second-order valence-corrected chi connectivity index (χ2v) is 6.43. The van der Waals surface area contributed by atoms with Crippen LogP contribution in [-0.2, 0) is 6.54 Å². The van der Waals surface area contributed by atoms with Crippen molar-refractivity contribution in [2.24, 2.45) is 10.7 Å². The minimum absolute atomic E-state index is 0. The first-order valence-electron chi connectivity index (χ1n) is 8.96.